The van der Waals surface area contributed by atoms with Crippen molar-refractivity contribution in [3.05, 3.63) is 34.7 Å². The van der Waals surface area contributed by atoms with Gasteiger partial charge in [0.2, 0.25) is 5.91 Å². The third-order valence-corrected chi connectivity index (χ3v) is 6.39. The predicted octanol–water partition coefficient (Wildman–Crippen LogP) is 2.31. The smallest absolute Gasteiger partial charge is 0.329 e. The number of aliphatic carboxylic acids is 1. The Morgan fingerprint density at radius 2 is 1.79 bits per heavy atom. The molecule has 4 rings (SSSR count). The number of carbonyl (C=O) groups is 2. The molecule has 1 aliphatic heterocycles. The molecule has 7 heteroatoms. The number of carboxylic acid groups (broad SMARTS) is 1. The summed E-state index contributed by atoms with van der Waals surface area (Å²) in [5.41, 5.74) is 1.59. The molecule has 2 aromatic rings. The average molecular weight is 385 g/mol. The molecule has 28 heavy (non-hydrogen) atoms. The zero-order valence-corrected chi connectivity index (χ0v) is 16.2. The monoisotopic (exact) mass is 385 g/mol. The fourth-order valence-corrected chi connectivity index (χ4v) is 5.16. The molecule has 0 spiro atoms. The molecule has 2 heterocycles. The first-order chi connectivity index (χ1) is 13.5. The minimum Gasteiger partial charge on any atom is -0.480 e. The summed E-state index contributed by atoms with van der Waals surface area (Å²) in [6.45, 7) is 3.47. The lowest BCUT2D eigenvalue weighted by molar-refractivity contribution is -0.149. The molecule has 1 amide bonds. The molecule has 1 saturated heterocycles. The van der Waals surface area contributed by atoms with Crippen molar-refractivity contribution in [1.82, 2.24) is 14.0 Å². The fraction of sp³-hybridized carbons (Fsp3) is 0.571. The molecule has 1 aliphatic carbocycles. The van der Waals surface area contributed by atoms with E-state index < -0.39 is 12.0 Å². The van der Waals surface area contributed by atoms with Crippen LogP contribution in [0.1, 0.15) is 39.0 Å². The van der Waals surface area contributed by atoms with Crippen molar-refractivity contribution in [2.75, 3.05) is 6.54 Å². The number of hydrogen-bond donors (Lipinski definition) is 1. The van der Waals surface area contributed by atoms with Gasteiger partial charge in [0.25, 0.3) is 0 Å². The molecule has 3 atom stereocenters. The van der Waals surface area contributed by atoms with Gasteiger partial charge >= 0.3 is 11.7 Å². The molecule has 1 N–H and O–H groups in total. The number of fused-ring (bicyclic) bond motifs is 2. The summed E-state index contributed by atoms with van der Waals surface area (Å²) in [7, 11) is 0. The van der Waals surface area contributed by atoms with E-state index in [4.69, 9.17) is 0 Å². The van der Waals surface area contributed by atoms with Gasteiger partial charge in [-0.05, 0) is 43.2 Å². The van der Waals surface area contributed by atoms with Crippen LogP contribution in [-0.2, 0) is 22.7 Å². The minimum absolute atomic E-state index is 0.0793. The van der Waals surface area contributed by atoms with Crippen LogP contribution in [0.15, 0.2) is 29.1 Å². The van der Waals surface area contributed by atoms with Crippen molar-refractivity contribution in [1.29, 1.82) is 0 Å². The summed E-state index contributed by atoms with van der Waals surface area (Å²) >= 11 is 0. The molecule has 150 valence electrons. The van der Waals surface area contributed by atoms with Crippen molar-refractivity contribution >= 4 is 22.9 Å². The number of imidazole rings is 1. The number of carboxylic acids is 1. The summed E-state index contributed by atoms with van der Waals surface area (Å²) < 4.78 is 3.40. The van der Waals surface area contributed by atoms with Crippen LogP contribution in [0.2, 0.25) is 0 Å². The maximum Gasteiger partial charge on any atom is 0.329 e. The van der Waals surface area contributed by atoms with Gasteiger partial charge < -0.3 is 10.0 Å². The number of amides is 1. The molecule has 1 aromatic carbocycles. The van der Waals surface area contributed by atoms with Crippen molar-refractivity contribution in [3.63, 3.8) is 0 Å². The third kappa shape index (κ3) is 3.02. The molecule has 2 fully saturated rings. The number of benzene rings is 1. The highest BCUT2D eigenvalue weighted by Crippen LogP contribution is 2.42. The van der Waals surface area contributed by atoms with Crippen LogP contribution >= 0.6 is 0 Å². The van der Waals surface area contributed by atoms with Crippen molar-refractivity contribution < 1.29 is 14.7 Å². The first-order valence-electron chi connectivity index (χ1n) is 10.2. The van der Waals surface area contributed by atoms with Gasteiger partial charge in [-0.2, -0.15) is 0 Å². The lowest BCUT2D eigenvalue weighted by Crippen LogP contribution is -2.43. The van der Waals surface area contributed by atoms with Crippen LogP contribution in [0, 0.1) is 11.8 Å². The summed E-state index contributed by atoms with van der Waals surface area (Å²) in [6.07, 6.45) is 3.93. The Morgan fingerprint density at radius 3 is 2.43 bits per heavy atom. The van der Waals surface area contributed by atoms with E-state index in [0.29, 0.717) is 19.0 Å². The van der Waals surface area contributed by atoms with Crippen molar-refractivity contribution in [2.24, 2.45) is 11.8 Å². The number of aryl methyl sites for hydroxylation is 2. The number of aromatic nitrogens is 2. The van der Waals surface area contributed by atoms with Crippen molar-refractivity contribution in [3.8, 4) is 0 Å². The largest absolute Gasteiger partial charge is 0.480 e. The number of carbonyl (C=O) groups excluding carboxylic acids is 1. The van der Waals surface area contributed by atoms with E-state index in [0.717, 1.165) is 36.7 Å². The van der Waals surface area contributed by atoms with Gasteiger partial charge in [-0.15, -0.1) is 0 Å². The minimum atomic E-state index is -0.903. The van der Waals surface area contributed by atoms with E-state index in [1.165, 1.54) is 0 Å². The van der Waals surface area contributed by atoms with E-state index in [1.807, 2.05) is 31.2 Å². The normalized spacial score (nSPS) is 24.0. The Hall–Kier alpha value is -2.57. The summed E-state index contributed by atoms with van der Waals surface area (Å²) in [6, 6.07) is 6.90. The number of likely N-dealkylation sites (tertiary alicyclic amines) is 1. The molecule has 1 aromatic heterocycles. The highest BCUT2D eigenvalue weighted by molar-refractivity contribution is 5.85. The van der Waals surface area contributed by atoms with Crippen LogP contribution < -0.4 is 5.69 Å². The second kappa shape index (κ2) is 7.45. The predicted molar refractivity (Wildman–Crippen MR) is 105 cm³/mol. The first-order valence-corrected chi connectivity index (χ1v) is 10.2. The summed E-state index contributed by atoms with van der Waals surface area (Å²) in [4.78, 5) is 39.1. The number of nitrogens with zero attached hydrogens (tertiary/aromatic N) is 3. The summed E-state index contributed by atoms with van der Waals surface area (Å²) in [5.74, 6) is -0.685. The van der Waals surface area contributed by atoms with E-state index in [9.17, 15) is 19.5 Å². The zero-order valence-electron chi connectivity index (χ0n) is 16.2. The van der Waals surface area contributed by atoms with Gasteiger partial charge in [0.15, 0.2) is 0 Å². The van der Waals surface area contributed by atoms with E-state index in [2.05, 4.69) is 0 Å². The maximum atomic E-state index is 12.9. The SMILES string of the molecule is CCCn1c(=O)n(CCC(=O)N2CC3CCCC3C2C(=O)O)c2ccccc21. The van der Waals surface area contributed by atoms with Gasteiger partial charge in [-0.1, -0.05) is 25.5 Å². The average Bonchev–Trinajstić information content (AvgIpc) is 3.33. The number of para-hydroxylation sites is 2. The van der Waals surface area contributed by atoms with Crippen molar-refractivity contribution in [2.45, 2.75) is 58.2 Å². The molecule has 3 unspecified atom stereocenters. The number of rotatable bonds is 6. The third-order valence-electron chi connectivity index (χ3n) is 6.39. The quantitative estimate of drug-likeness (QED) is 0.827. The van der Waals surface area contributed by atoms with E-state index in [-0.39, 0.29) is 30.5 Å². The van der Waals surface area contributed by atoms with Crippen LogP contribution in [0.5, 0.6) is 0 Å². The topological polar surface area (TPSA) is 84.5 Å². The molecule has 2 aliphatic rings. The lowest BCUT2D eigenvalue weighted by atomic mass is 9.94. The van der Waals surface area contributed by atoms with Gasteiger partial charge in [-0.25, -0.2) is 9.59 Å². The molecular formula is C21H27N3O4. The molecular weight excluding hydrogens is 358 g/mol. The molecule has 0 bridgehead atoms. The van der Waals surface area contributed by atoms with Gasteiger partial charge in [0.1, 0.15) is 6.04 Å². The van der Waals surface area contributed by atoms with Gasteiger partial charge in [0, 0.05) is 26.1 Å². The Balaban J connectivity index is 1.55. The van der Waals surface area contributed by atoms with Crippen LogP contribution in [-0.4, -0.2) is 43.6 Å². The Morgan fingerprint density at radius 1 is 1.11 bits per heavy atom. The Kier molecular flexibility index (Phi) is 5.00. The lowest BCUT2D eigenvalue weighted by Gasteiger charge is -2.24. The Bertz CT molecular complexity index is 960. The highest BCUT2D eigenvalue weighted by Gasteiger charge is 2.49. The molecule has 1 saturated carbocycles. The Labute approximate surface area is 163 Å². The summed E-state index contributed by atoms with van der Waals surface area (Å²) in [5, 5.41) is 9.66. The number of hydrogen-bond acceptors (Lipinski definition) is 3. The molecule has 7 nitrogen and oxygen atoms in total. The maximum absolute atomic E-state index is 12.9. The van der Waals surface area contributed by atoms with Crippen LogP contribution in [0.25, 0.3) is 11.0 Å². The van der Waals surface area contributed by atoms with Gasteiger partial charge in [-0.3, -0.25) is 13.9 Å². The van der Waals surface area contributed by atoms with E-state index >= 15 is 0 Å². The highest BCUT2D eigenvalue weighted by atomic mass is 16.4. The van der Waals surface area contributed by atoms with E-state index in [1.54, 1.807) is 14.0 Å². The second-order valence-electron chi connectivity index (χ2n) is 8.01. The zero-order chi connectivity index (χ0) is 19.8. The fourth-order valence-electron chi connectivity index (χ4n) is 5.16. The van der Waals surface area contributed by atoms with Gasteiger partial charge in [0.05, 0.1) is 11.0 Å². The standard InChI is InChI=1S/C21H27N3O4/c1-2-11-22-16-8-3-4-9-17(16)23(21(22)28)12-10-18(25)24-13-14-6-5-7-15(14)19(24)20(26)27/h3-4,8-9,14-15,19H,2,5-7,10-13H2,1H3,(H,26,27). The van der Waals surface area contributed by atoms with Crippen LogP contribution in [0.4, 0.5) is 0 Å². The molecule has 0 radical (unpaired) electrons. The second-order valence-corrected chi connectivity index (χ2v) is 8.01. The first kappa shape index (κ1) is 18.8. The van der Waals surface area contributed by atoms with Crippen LogP contribution in [0.3, 0.4) is 0 Å².